The fourth-order valence-corrected chi connectivity index (χ4v) is 4.32. The van der Waals surface area contributed by atoms with Crippen LogP contribution in [-0.4, -0.2) is 43.0 Å². The first-order valence-electron chi connectivity index (χ1n) is 11.4. The van der Waals surface area contributed by atoms with Gasteiger partial charge >= 0.3 is 0 Å². The van der Waals surface area contributed by atoms with E-state index in [1.807, 2.05) is 48.5 Å². The zero-order chi connectivity index (χ0) is 23.9. The van der Waals surface area contributed by atoms with Gasteiger partial charge in [-0.3, -0.25) is 9.59 Å². The van der Waals surface area contributed by atoms with Crippen molar-refractivity contribution in [3.8, 4) is 11.5 Å². The topological polar surface area (TPSA) is 85.7 Å². The highest BCUT2D eigenvalue weighted by Gasteiger charge is 2.26. The normalized spacial score (nSPS) is 15.6. The van der Waals surface area contributed by atoms with Gasteiger partial charge < -0.3 is 19.7 Å². The van der Waals surface area contributed by atoms with Crippen molar-refractivity contribution in [1.29, 1.82) is 0 Å². The summed E-state index contributed by atoms with van der Waals surface area (Å²) < 4.78 is 12.2. The molecule has 1 aromatic heterocycles. The highest BCUT2D eigenvalue weighted by molar-refractivity contribution is 5.79. The average molecular weight is 463 g/mol. The summed E-state index contributed by atoms with van der Waals surface area (Å²) in [5, 5.41) is 7.40. The number of amides is 1. The predicted octanol–water partition coefficient (Wildman–Crippen LogP) is 2.84. The van der Waals surface area contributed by atoms with Crippen LogP contribution in [0, 0.1) is 5.92 Å². The van der Waals surface area contributed by atoms with Gasteiger partial charge in [-0.05, 0) is 24.5 Å². The van der Waals surface area contributed by atoms with Crippen LogP contribution in [0.25, 0.3) is 0 Å². The highest BCUT2D eigenvalue weighted by atomic mass is 16.5. The van der Waals surface area contributed by atoms with Crippen molar-refractivity contribution in [1.82, 2.24) is 15.1 Å². The Morgan fingerprint density at radius 1 is 1.12 bits per heavy atom. The second kappa shape index (κ2) is 10.9. The molecule has 1 aliphatic rings. The Kier molecular flexibility index (Phi) is 7.47. The van der Waals surface area contributed by atoms with Gasteiger partial charge in [0.25, 0.3) is 5.56 Å². The summed E-state index contributed by atoms with van der Waals surface area (Å²) in [5.41, 5.74) is 2.47. The lowest BCUT2D eigenvalue weighted by Crippen LogP contribution is -2.43. The molecule has 178 valence electrons. The van der Waals surface area contributed by atoms with E-state index in [-0.39, 0.29) is 17.4 Å². The van der Waals surface area contributed by atoms with Crippen LogP contribution in [0.3, 0.4) is 0 Å². The van der Waals surface area contributed by atoms with E-state index >= 15 is 0 Å². The Morgan fingerprint density at radius 3 is 2.68 bits per heavy atom. The molecule has 1 aliphatic heterocycles. The molecular formula is C26H30N4O4. The fourth-order valence-electron chi connectivity index (χ4n) is 4.32. The summed E-state index contributed by atoms with van der Waals surface area (Å²) >= 11 is 0. The standard InChI is InChI=1S/C26H30N4O4/c1-33-23-12-6-10-20(25(23)34-2)15-27-26(32)21-11-7-13-29(18-21)22-14-24(31)30(28-16-22)17-19-8-4-3-5-9-19/h3-6,8-10,12,14,16,21H,7,11,13,15,17-18H2,1-2H3,(H,27,32)/t21-/m1/s1. The number of nitrogens with one attached hydrogen (secondary N) is 1. The summed E-state index contributed by atoms with van der Waals surface area (Å²) in [6, 6.07) is 17.0. The maximum absolute atomic E-state index is 12.9. The summed E-state index contributed by atoms with van der Waals surface area (Å²) in [4.78, 5) is 27.7. The van der Waals surface area contributed by atoms with E-state index in [4.69, 9.17) is 9.47 Å². The Bertz CT molecular complexity index is 1180. The minimum Gasteiger partial charge on any atom is -0.493 e. The van der Waals surface area contributed by atoms with Crippen molar-refractivity contribution >= 4 is 11.6 Å². The van der Waals surface area contributed by atoms with Crippen LogP contribution in [0.2, 0.25) is 0 Å². The summed E-state index contributed by atoms with van der Waals surface area (Å²) in [6.07, 6.45) is 3.38. The second-order valence-electron chi connectivity index (χ2n) is 8.35. The largest absolute Gasteiger partial charge is 0.493 e. The first kappa shape index (κ1) is 23.4. The third kappa shape index (κ3) is 5.39. The Balaban J connectivity index is 1.39. The number of rotatable bonds is 8. The molecule has 0 radical (unpaired) electrons. The summed E-state index contributed by atoms with van der Waals surface area (Å²) in [5.74, 6) is 1.07. The maximum Gasteiger partial charge on any atom is 0.269 e. The second-order valence-corrected chi connectivity index (χ2v) is 8.35. The maximum atomic E-state index is 12.9. The predicted molar refractivity (Wildman–Crippen MR) is 130 cm³/mol. The van der Waals surface area contributed by atoms with Crippen LogP contribution in [-0.2, 0) is 17.9 Å². The molecule has 2 heterocycles. The van der Waals surface area contributed by atoms with Crippen LogP contribution in [0.4, 0.5) is 5.69 Å². The number of methoxy groups -OCH3 is 2. The van der Waals surface area contributed by atoms with E-state index in [1.54, 1.807) is 26.5 Å². The number of aromatic nitrogens is 2. The molecule has 1 fully saturated rings. The molecule has 0 spiro atoms. The number of carbonyl (C=O) groups excluding carboxylic acids is 1. The number of hydrogen-bond donors (Lipinski definition) is 1. The van der Waals surface area contributed by atoms with Gasteiger partial charge in [0.2, 0.25) is 5.91 Å². The first-order valence-corrected chi connectivity index (χ1v) is 11.4. The minimum atomic E-state index is -0.169. The van der Waals surface area contributed by atoms with Gasteiger partial charge in [-0.1, -0.05) is 42.5 Å². The lowest BCUT2D eigenvalue weighted by Gasteiger charge is -2.33. The number of hydrogen-bond acceptors (Lipinski definition) is 6. The molecule has 1 saturated heterocycles. The number of carbonyl (C=O) groups is 1. The van der Waals surface area contributed by atoms with Crippen LogP contribution in [0.1, 0.15) is 24.0 Å². The number of nitrogens with zero attached hydrogens (tertiary/aromatic N) is 3. The van der Waals surface area contributed by atoms with Gasteiger partial charge in [-0.25, -0.2) is 4.68 Å². The van der Waals surface area contributed by atoms with E-state index in [0.29, 0.717) is 31.1 Å². The van der Waals surface area contributed by atoms with Crippen LogP contribution in [0.15, 0.2) is 65.6 Å². The number of benzene rings is 2. The number of anilines is 1. The van der Waals surface area contributed by atoms with Crippen LogP contribution in [0.5, 0.6) is 11.5 Å². The van der Waals surface area contributed by atoms with Gasteiger partial charge in [0.15, 0.2) is 11.5 Å². The molecule has 2 aromatic carbocycles. The zero-order valence-electron chi connectivity index (χ0n) is 19.6. The monoisotopic (exact) mass is 462 g/mol. The van der Waals surface area contributed by atoms with E-state index in [0.717, 1.165) is 36.2 Å². The Hall–Kier alpha value is -3.81. The van der Waals surface area contributed by atoms with E-state index < -0.39 is 0 Å². The lowest BCUT2D eigenvalue weighted by atomic mass is 9.96. The molecule has 0 saturated carbocycles. The fraction of sp³-hybridized carbons (Fsp3) is 0.346. The lowest BCUT2D eigenvalue weighted by molar-refractivity contribution is -0.125. The Labute approximate surface area is 199 Å². The van der Waals surface area contributed by atoms with Crippen molar-refractivity contribution in [2.75, 3.05) is 32.2 Å². The summed E-state index contributed by atoms with van der Waals surface area (Å²) in [7, 11) is 3.18. The summed E-state index contributed by atoms with van der Waals surface area (Å²) in [6.45, 7) is 2.12. The molecule has 1 N–H and O–H groups in total. The van der Waals surface area contributed by atoms with Gasteiger partial charge in [0.1, 0.15) is 0 Å². The van der Waals surface area contributed by atoms with Crippen molar-refractivity contribution in [2.45, 2.75) is 25.9 Å². The molecular weight excluding hydrogens is 432 g/mol. The third-order valence-corrected chi connectivity index (χ3v) is 6.13. The number of ether oxygens (including phenoxy) is 2. The van der Waals surface area contributed by atoms with Crippen molar-refractivity contribution in [3.63, 3.8) is 0 Å². The van der Waals surface area contributed by atoms with E-state index in [2.05, 4.69) is 15.3 Å². The smallest absolute Gasteiger partial charge is 0.269 e. The molecule has 34 heavy (non-hydrogen) atoms. The Morgan fingerprint density at radius 2 is 1.94 bits per heavy atom. The average Bonchev–Trinajstić information content (AvgIpc) is 2.88. The van der Waals surface area contributed by atoms with Crippen molar-refractivity contribution in [2.24, 2.45) is 5.92 Å². The molecule has 4 rings (SSSR count). The third-order valence-electron chi connectivity index (χ3n) is 6.13. The van der Waals surface area contributed by atoms with Crippen LogP contribution < -0.4 is 25.2 Å². The van der Waals surface area contributed by atoms with E-state index in [1.165, 1.54) is 4.68 Å². The van der Waals surface area contributed by atoms with Crippen molar-refractivity contribution < 1.29 is 14.3 Å². The molecule has 3 aromatic rings. The van der Waals surface area contributed by atoms with Crippen LogP contribution >= 0.6 is 0 Å². The zero-order valence-corrected chi connectivity index (χ0v) is 19.6. The molecule has 1 atom stereocenters. The molecule has 0 aliphatic carbocycles. The van der Waals surface area contributed by atoms with Gasteiger partial charge in [-0.2, -0.15) is 5.10 Å². The van der Waals surface area contributed by atoms with E-state index in [9.17, 15) is 9.59 Å². The minimum absolute atomic E-state index is 0.0139. The molecule has 8 nitrogen and oxygen atoms in total. The number of para-hydroxylation sites is 1. The highest BCUT2D eigenvalue weighted by Crippen LogP contribution is 2.30. The molecule has 8 heteroatoms. The van der Waals surface area contributed by atoms with Crippen molar-refractivity contribution in [3.05, 3.63) is 82.3 Å². The van der Waals surface area contributed by atoms with Gasteiger partial charge in [0.05, 0.1) is 38.6 Å². The molecule has 0 unspecified atom stereocenters. The molecule has 0 bridgehead atoms. The molecule has 1 amide bonds. The number of piperidine rings is 1. The quantitative estimate of drug-likeness (QED) is 0.554. The SMILES string of the molecule is COc1cccc(CNC(=O)[C@@H]2CCCN(c3cnn(Cc4ccccc4)c(=O)c3)C2)c1OC. The van der Waals surface area contributed by atoms with Gasteiger partial charge in [-0.15, -0.1) is 0 Å². The van der Waals surface area contributed by atoms with Gasteiger partial charge in [0, 0.05) is 31.3 Å². The first-order chi connectivity index (χ1) is 16.6.